The third-order valence-corrected chi connectivity index (χ3v) is 5.70. The molecule has 0 saturated heterocycles. The van der Waals surface area contributed by atoms with E-state index in [0.29, 0.717) is 29.3 Å². The smallest absolute Gasteiger partial charge is 0.261 e. The van der Waals surface area contributed by atoms with Crippen LogP contribution in [0.4, 0.5) is 5.69 Å². The second-order valence-electron chi connectivity index (χ2n) is 7.61. The van der Waals surface area contributed by atoms with Crippen LogP contribution in [0.3, 0.4) is 0 Å². The molecule has 2 amide bonds. The number of methoxy groups -OCH3 is 1. The van der Waals surface area contributed by atoms with Gasteiger partial charge in [-0.25, -0.2) is 0 Å². The molecule has 4 rings (SSSR count). The molecule has 0 atom stereocenters. The van der Waals surface area contributed by atoms with Gasteiger partial charge in [0.2, 0.25) is 0 Å². The quantitative estimate of drug-likeness (QED) is 0.851. The topological polar surface area (TPSA) is 67.9 Å². The maximum Gasteiger partial charge on any atom is 0.261 e. The molecule has 1 saturated carbocycles. The zero-order chi connectivity index (χ0) is 20.2. The monoisotopic (exact) mass is 394 g/mol. The summed E-state index contributed by atoms with van der Waals surface area (Å²) in [7, 11) is 1.59. The maximum atomic E-state index is 12.6. The second kappa shape index (κ2) is 8.55. The molecule has 0 radical (unpaired) electrons. The summed E-state index contributed by atoms with van der Waals surface area (Å²) in [5, 5.41) is 2.93. The van der Waals surface area contributed by atoms with E-state index in [4.69, 9.17) is 9.47 Å². The Morgan fingerprint density at radius 3 is 2.59 bits per heavy atom. The van der Waals surface area contributed by atoms with Gasteiger partial charge in [0.1, 0.15) is 11.5 Å². The summed E-state index contributed by atoms with van der Waals surface area (Å²) < 4.78 is 10.9. The minimum absolute atomic E-state index is 0.0388. The fourth-order valence-electron chi connectivity index (χ4n) is 4.09. The van der Waals surface area contributed by atoms with Crippen LogP contribution in [0.1, 0.15) is 48.0 Å². The second-order valence-corrected chi connectivity index (χ2v) is 7.61. The van der Waals surface area contributed by atoms with Crippen molar-refractivity contribution in [1.82, 2.24) is 4.90 Å². The van der Waals surface area contributed by atoms with Gasteiger partial charge in [-0.3, -0.25) is 9.59 Å². The highest BCUT2D eigenvalue weighted by Crippen LogP contribution is 2.31. The van der Waals surface area contributed by atoms with Crippen LogP contribution in [0.5, 0.6) is 11.5 Å². The molecular formula is C23H26N2O4. The van der Waals surface area contributed by atoms with Gasteiger partial charge in [0.15, 0.2) is 6.61 Å². The minimum Gasteiger partial charge on any atom is -0.497 e. The summed E-state index contributed by atoms with van der Waals surface area (Å²) in [6, 6.07) is 12.8. The van der Waals surface area contributed by atoms with Gasteiger partial charge in [-0.2, -0.15) is 0 Å². The van der Waals surface area contributed by atoms with Crippen molar-refractivity contribution in [3.8, 4) is 11.5 Å². The van der Waals surface area contributed by atoms with Crippen LogP contribution >= 0.6 is 0 Å². The van der Waals surface area contributed by atoms with Gasteiger partial charge in [0.25, 0.3) is 11.8 Å². The van der Waals surface area contributed by atoms with Crippen molar-refractivity contribution in [2.24, 2.45) is 0 Å². The Morgan fingerprint density at radius 2 is 1.86 bits per heavy atom. The van der Waals surface area contributed by atoms with Crippen LogP contribution in [0, 0.1) is 0 Å². The number of hydrogen-bond donors (Lipinski definition) is 1. The summed E-state index contributed by atoms with van der Waals surface area (Å²) in [5.41, 5.74) is 2.16. The van der Waals surface area contributed by atoms with Crippen molar-refractivity contribution < 1.29 is 19.1 Å². The zero-order valence-corrected chi connectivity index (χ0v) is 16.6. The largest absolute Gasteiger partial charge is 0.497 e. The number of carbonyl (C=O) groups is 2. The molecule has 2 aromatic carbocycles. The van der Waals surface area contributed by atoms with E-state index in [9.17, 15) is 9.59 Å². The van der Waals surface area contributed by atoms with E-state index in [1.807, 2.05) is 17.0 Å². The Morgan fingerprint density at radius 1 is 1.10 bits per heavy atom. The van der Waals surface area contributed by atoms with Crippen molar-refractivity contribution in [1.29, 1.82) is 0 Å². The molecule has 2 aromatic rings. The van der Waals surface area contributed by atoms with E-state index in [2.05, 4.69) is 5.32 Å². The molecule has 0 aromatic heterocycles. The fraction of sp³-hybridized carbons (Fsp3) is 0.391. The van der Waals surface area contributed by atoms with E-state index < -0.39 is 0 Å². The van der Waals surface area contributed by atoms with Gasteiger partial charge in [-0.1, -0.05) is 19.3 Å². The maximum absolute atomic E-state index is 12.6. The van der Waals surface area contributed by atoms with Crippen LogP contribution in [0.2, 0.25) is 0 Å². The van der Waals surface area contributed by atoms with Crippen LogP contribution < -0.4 is 14.8 Å². The molecule has 0 spiro atoms. The first kappa shape index (κ1) is 19.3. The summed E-state index contributed by atoms with van der Waals surface area (Å²) >= 11 is 0. The predicted molar refractivity (Wildman–Crippen MR) is 110 cm³/mol. The lowest BCUT2D eigenvalue weighted by Gasteiger charge is -2.33. The summed E-state index contributed by atoms with van der Waals surface area (Å²) in [5.74, 6) is 1.26. The molecule has 6 heteroatoms. The molecule has 152 valence electrons. The van der Waals surface area contributed by atoms with Crippen molar-refractivity contribution in [3.63, 3.8) is 0 Å². The fourth-order valence-corrected chi connectivity index (χ4v) is 4.09. The highest BCUT2D eigenvalue weighted by molar-refractivity contribution is 6.04. The van der Waals surface area contributed by atoms with Crippen LogP contribution in [0.25, 0.3) is 0 Å². The third kappa shape index (κ3) is 4.36. The summed E-state index contributed by atoms with van der Waals surface area (Å²) in [4.78, 5) is 27.1. The van der Waals surface area contributed by atoms with Crippen molar-refractivity contribution in [3.05, 3.63) is 53.6 Å². The van der Waals surface area contributed by atoms with E-state index in [-0.39, 0.29) is 24.5 Å². The lowest BCUT2D eigenvalue weighted by molar-refractivity contribution is -0.136. The van der Waals surface area contributed by atoms with Crippen molar-refractivity contribution in [2.45, 2.75) is 44.7 Å². The Balaban J connectivity index is 1.51. The molecule has 1 aliphatic heterocycles. The van der Waals surface area contributed by atoms with Crippen molar-refractivity contribution >= 4 is 17.5 Å². The number of nitrogens with zero attached hydrogens (tertiary/aromatic N) is 1. The van der Waals surface area contributed by atoms with E-state index >= 15 is 0 Å². The van der Waals surface area contributed by atoms with Crippen molar-refractivity contribution in [2.75, 3.05) is 19.0 Å². The lowest BCUT2D eigenvalue weighted by atomic mass is 9.93. The SMILES string of the molecule is COc1ccc(C(=O)Nc2ccc3c(c2)CN(C2CCCCC2)C(=O)CO3)cc1. The Hall–Kier alpha value is -3.02. The normalized spacial score (nSPS) is 17.1. The summed E-state index contributed by atoms with van der Waals surface area (Å²) in [6.07, 6.45) is 5.68. The average Bonchev–Trinajstić information content (AvgIpc) is 2.93. The Bertz CT molecular complexity index is 888. The molecule has 1 N–H and O–H groups in total. The number of nitrogens with one attached hydrogen (secondary N) is 1. The average molecular weight is 394 g/mol. The molecule has 0 unspecified atom stereocenters. The van der Waals surface area contributed by atoms with Crippen LogP contribution in [0.15, 0.2) is 42.5 Å². The van der Waals surface area contributed by atoms with E-state index in [0.717, 1.165) is 18.4 Å². The molecule has 29 heavy (non-hydrogen) atoms. The highest BCUT2D eigenvalue weighted by atomic mass is 16.5. The lowest BCUT2D eigenvalue weighted by Crippen LogP contribution is -2.42. The number of carbonyl (C=O) groups excluding carboxylic acids is 2. The highest BCUT2D eigenvalue weighted by Gasteiger charge is 2.29. The van der Waals surface area contributed by atoms with E-state index in [1.54, 1.807) is 37.4 Å². The van der Waals surface area contributed by atoms with Gasteiger partial charge in [0.05, 0.1) is 7.11 Å². The number of fused-ring (bicyclic) bond motifs is 1. The third-order valence-electron chi connectivity index (χ3n) is 5.70. The minimum atomic E-state index is -0.192. The van der Waals surface area contributed by atoms with E-state index in [1.165, 1.54) is 19.3 Å². The molecule has 0 bridgehead atoms. The van der Waals surface area contributed by atoms with Crippen LogP contribution in [-0.4, -0.2) is 36.5 Å². The van der Waals surface area contributed by atoms with Gasteiger partial charge in [-0.15, -0.1) is 0 Å². The first-order valence-electron chi connectivity index (χ1n) is 10.1. The number of benzene rings is 2. The van der Waals surface area contributed by atoms with Gasteiger partial charge >= 0.3 is 0 Å². The Labute approximate surface area is 170 Å². The number of rotatable bonds is 4. The number of anilines is 1. The first-order chi connectivity index (χ1) is 14.1. The zero-order valence-electron chi connectivity index (χ0n) is 16.6. The number of ether oxygens (including phenoxy) is 2. The standard InChI is InChI=1S/C23H26N2O4/c1-28-20-10-7-16(8-11-20)23(27)24-18-9-12-21-17(13-18)14-25(22(26)15-29-21)19-5-3-2-4-6-19/h7-13,19H,2-6,14-15H2,1H3,(H,24,27). The molecule has 1 fully saturated rings. The van der Waals surface area contributed by atoms with Gasteiger partial charge < -0.3 is 19.7 Å². The van der Waals surface area contributed by atoms with Crippen LogP contribution in [-0.2, 0) is 11.3 Å². The molecule has 2 aliphatic rings. The first-order valence-corrected chi connectivity index (χ1v) is 10.1. The Kier molecular flexibility index (Phi) is 5.69. The molecule has 1 aliphatic carbocycles. The number of amides is 2. The van der Waals surface area contributed by atoms with Gasteiger partial charge in [0, 0.05) is 29.4 Å². The summed E-state index contributed by atoms with van der Waals surface area (Å²) in [6.45, 7) is 0.589. The molecule has 1 heterocycles. The molecule has 6 nitrogen and oxygen atoms in total. The molecular weight excluding hydrogens is 368 g/mol. The van der Waals surface area contributed by atoms with Gasteiger partial charge in [-0.05, 0) is 55.3 Å². The number of hydrogen-bond acceptors (Lipinski definition) is 4. The predicted octanol–water partition coefficient (Wildman–Crippen LogP) is 4.00.